The standard InChI is InChI=1S/C21H27NO4S/c1-5-12-27(23,24)26-22-18-11-9-10-16(7-3)21(18)25-19-14-15(6-2)13-17(8-4)20(19)22/h9-11,13-14H,5-8,12H2,1-4H3. The molecular weight excluding hydrogens is 362 g/mol. The summed E-state index contributed by atoms with van der Waals surface area (Å²) in [7, 11) is -3.71. The van der Waals surface area contributed by atoms with E-state index in [-0.39, 0.29) is 5.75 Å². The number of hydrogen-bond acceptors (Lipinski definition) is 5. The zero-order chi connectivity index (χ0) is 19.6. The fourth-order valence-corrected chi connectivity index (χ4v) is 4.30. The molecule has 0 unspecified atom stereocenters. The van der Waals surface area contributed by atoms with Crippen LogP contribution in [-0.2, 0) is 33.7 Å². The van der Waals surface area contributed by atoms with E-state index < -0.39 is 10.1 Å². The molecule has 3 rings (SSSR count). The van der Waals surface area contributed by atoms with Gasteiger partial charge in [-0.1, -0.05) is 45.9 Å². The maximum Gasteiger partial charge on any atom is 0.288 e. The topological polar surface area (TPSA) is 55.8 Å². The first-order valence-corrected chi connectivity index (χ1v) is 11.2. The van der Waals surface area contributed by atoms with Crippen molar-refractivity contribution in [2.75, 3.05) is 10.8 Å². The van der Waals surface area contributed by atoms with Crippen molar-refractivity contribution in [1.29, 1.82) is 0 Å². The normalized spacial score (nSPS) is 13.1. The molecule has 27 heavy (non-hydrogen) atoms. The van der Waals surface area contributed by atoms with E-state index in [1.54, 1.807) is 0 Å². The third-order valence-corrected chi connectivity index (χ3v) is 6.02. The Labute approximate surface area is 162 Å². The lowest BCUT2D eigenvalue weighted by Gasteiger charge is -2.33. The van der Waals surface area contributed by atoms with Gasteiger partial charge in [0.25, 0.3) is 10.1 Å². The van der Waals surface area contributed by atoms with Crippen LogP contribution in [0.4, 0.5) is 11.4 Å². The molecule has 0 aromatic heterocycles. The Kier molecular flexibility index (Phi) is 5.77. The highest BCUT2D eigenvalue weighted by Crippen LogP contribution is 2.50. The number of fused-ring (bicyclic) bond motifs is 2. The molecule has 2 aromatic carbocycles. The van der Waals surface area contributed by atoms with Crippen LogP contribution in [0.5, 0.6) is 11.5 Å². The van der Waals surface area contributed by atoms with Gasteiger partial charge in [0.05, 0.1) is 5.75 Å². The van der Waals surface area contributed by atoms with Crippen LogP contribution < -0.4 is 9.80 Å². The summed E-state index contributed by atoms with van der Waals surface area (Å²) in [5.41, 5.74) is 4.47. The van der Waals surface area contributed by atoms with E-state index in [0.717, 1.165) is 36.0 Å². The van der Waals surface area contributed by atoms with Gasteiger partial charge < -0.3 is 4.74 Å². The van der Waals surface area contributed by atoms with E-state index in [1.165, 1.54) is 5.06 Å². The van der Waals surface area contributed by atoms with E-state index in [9.17, 15) is 8.42 Å². The molecule has 1 aliphatic heterocycles. The quantitative estimate of drug-likeness (QED) is 0.644. The number of aryl methyl sites for hydroxylation is 3. The molecule has 0 atom stereocenters. The van der Waals surface area contributed by atoms with Crippen molar-refractivity contribution in [3.63, 3.8) is 0 Å². The molecule has 5 nitrogen and oxygen atoms in total. The first-order valence-electron chi connectivity index (χ1n) is 9.61. The van der Waals surface area contributed by atoms with Crippen molar-refractivity contribution in [3.05, 3.63) is 47.0 Å². The number of anilines is 2. The average molecular weight is 390 g/mol. The Morgan fingerprint density at radius 1 is 1.00 bits per heavy atom. The first kappa shape index (κ1) is 19.7. The second-order valence-electron chi connectivity index (χ2n) is 6.66. The number of ether oxygens (including phenoxy) is 1. The minimum absolute atomic E-state index is 0.0308. The van der Waals surface area contributed by atoms with E-state index in [1.807, 2.05) is 45.0 Å². The third kappa shape index (κ3) is 3.82. The molecule has 1 aliphatic rings. The maximum atomic E-state index is 12.5. The van der Waals surface area contributed by atoms with Gasteiger partial charge in [-0.15, -0.1) is 4.28 Å². The van der Waals surface area contributed by atoms with Crippen LogP contribution in [0.15, 0.2) is 30.3 Å². The Hall–Kier alpha value is -2.05. The number of hydrogen-bond donors (Lipinski definition) is 0. The van der Waals surface area contributed by atoms with Crippen LogP contribution in [-0.4, -0.2) is 14.2 Å². The van der Waals surface area contributed by atoms with Crippen LogP contribution in [0, 0.1) is 0 Å². The molecule has 146 valence electrons. The van der Waals surface area contributed by atoms with Gasteiger partial charge >= 0.3 is 0 Å². The minimum Gasteiger partial charge on any atom is -0.452 e. The summed E-state index contributed by atoms with van der Waals surface area (Å²) in [6.07, 6.45) is 2.90. The SMILES string of the molecule is CCCS(=O)(=O)ON1c2cccc(CC)c2Oc2cc(CC)cc(CC)c21. The van der Waals surface area contributed by atoms with Crippen molar-refractivity contribution in [3.8, 4) is 11.5 Å². The number of nitrogens with zero attached hydrogens (tertiary/aromatic N) is 1. The van der Waals surface area contributed by atoms with Crippen LogP contribution in [0.3, 0.4) is 0 Å². The van der Waals surface area contributed by atoms with Crippen LogP contribution in [0.1, 0.15) is 50.8 Å². The van der Waals surface area contributed by atoms with Crippen molar-refractivity contribution >= 4 is 21.5 Å². The lowest BCUT2D eigenvalue weighted by molar-refractivity contribution is 0.307. The number of rotatable bonds is 7. The van der Waals surface area contributed by atoms with Crippen molar-refractivity contribution in [2.45, 2.75) is 53.4 Å². The highest BCUT2D eigenvalue weighted by Gasteiger charge is 2.32. The highest BCUT2D eigenvalue weighted by molar-refractivity contribution is 7.86. The van der Waals surface area contributed by atoms with Gasteiger partial charge in [-0.25, -0.2) is 0 Å². The van der Waals surface area contributed by atoms with Gasteiger partial charge in [0.2, 0.25) is 0 Å². The smallest absolute Gasteiger partial charge is 0.288 e. The molecule has 0 saturated carbocycles. The first-order chi connectivity index (χ1) is 12.9. The zero-order valence-electron chi connectivity index (χ0n) is 16.4. The van der Waals surface area contributed by atoms with Gasteiger partial charge in [0.1, 0.15) is 11.4 Å². The van der Waals surface area contributed by atoms with Crippen LogP contribution in [0.2, 0.25) is 0 Å². The van der Waals surface area contributed by atoms with Crippen molar-refractivity contribution < 1.29 is 17.4 Å². The molecule has 0 N–H and O–H groups in total. The molecule has 0 saturated heterocycles. The van der Waals surface area contributed by atoms with Crippen molar-refractivity contribution in [1.82, 2.24) is 0 Å². The number of benzene rings is 2. The second-order valence-corrected chi connectivity index (χ2v) is 8.33. The Bertz CT molecular complexity index is 937. The molecule has 0 spiro atoms. The molecule has 0 amide bonds. The summed E-state index contributed by atoms with van der Waals surface area (Å²) in [5, 5.41) is 1.45. The molecule has 0 fully saturated rings. The number of para-hydroxylation sites is 1. The predicted octanol–water partition coefficient (Wildman–Crippen LogP) is 5.29. The van der Waals surface area contributed by atoms with Crippen molar-refractivity contribution in [2.24, 2.45) is 0 Å². The lowest BCUT2D eigenvalue weighted by atomic mass is 10.0. The fourth-order valence-electron chi connectivity index (χ4n) is 3.35. The van der Waals surface area contributed by atoms with Gasteiger partial charge in [-0.3, -0.25) is 0 Å². The van der Waals surface area contributed by atoms with Gasteiger partial charge in [0, 0.05) is 0 Å². The Balaban J connectivity index is 2.23. The largest absolute Gasteiger partial charge is 0.452 e. The highest BCUT2D eigenvalue weighted by atomic mass is 32.2. The van der Waals surface area contributed by atoms with Gasteiger partial charge in [-0.2, -0.15) is 13.5 Å². The summed E-state index contributed by atoms with van der Waals surface area (Å²) in [4.78, 5) is 0. The maximum absolute atomic E-state index is 12.5. The third-order valence-electron chi connectivity index (χ3n) is 4.74. The van der Waals surface area contributed by atoms with E-state index in [0.29, 0.717) is 29.3 Å². The monoisotopic (exact) mass is 389 g/mol. The van der Waals surface area contributed by atoms with Gasteiger partial charge in [-0.05, 0) is 54.5 Å². The van der Waals surface area contributed by atoms with E-state index in [4.69, 9.17) is 9.02 Å². The summed E-state index contributed by atoms with van der Waals surface area (Å²) in [6, 6.07) is 9.81. The lowest BCUT2D eigenvalue weighted by Crippen LogP contribution is -2.28. The summed E-state index contributed by atoms with van der Waals surface area (Å²) in [6.45, 7) is 8.01. The van der Waals surface area contributed by atoms with E-state index >= 15 is 0 Å². The fraction of sp³-hybridized carbons (Fsp3) is 0.429. The van der Waals surface area contributed by atoms with Gasteiger partial charge in [0.15, 0.2) is 11.5 Å². The Morgan fingerprint density at radius 2 is 1.74 bits per heavy atom. The summed E-state index contributed by atoms with van der Waals surface area (Å²) < 4.78 is 36.9. The summed E-state index contributed by atoms with van der Waals surface area (Å²) in [5.74, 6) is 1.28. The molecule has 2 aromatic rings. The second kappa shape index (κ2) is 7.90. The zero-order valence-corrected chi connectivity index (χ0v) is 17.2. The Morgan fingerprint density at radius 3 is 2.37 bits per heavy atom. The molecule has 6 heteroatoms. The van der Waals surface area contributed by atoms with E-state index in [2.05, 4.69) is 13.0 Å². The summed E-state index contributed by atoms with van der Waals surface area (Å²) >= 11 is 0. The molecular formula is C21H27NO4S. The molecule has 0 bridgehead atoms. The van der Waals surface area contributed by atoms with Crippen LogP contribution in [0.25, 0.3) is 0 Å². The van der Waals surface area contributed by atoms with Crippen LogP contribution >= 0.6 is 0 Å². The molecule has 1 heterocycles. The molecule has 0 radical (unpaired) electrons. The minimum atomic E-state index is -3.71. The predicted molar refractivity (Wildman–Crippen MR) is 108 cm³/mol. The molecule has 0 aliphatic carbocycles. The average Bonchev–Trinajstić information content (AvgIpc) is 2.66.